The predicted octanol–water partition coefficient (Wildman–Crippen LogP) is 2.94. The van der Waals surface area contributed by atoms with Gasteiger partial charge in [-0.3, -0.25) is 9.78 Å². The van der Waals surface area contributed by atoms with Crippen LogP contribution < -0.4 is 10.6 Å². The van der Waals surface area contributed by atoms with E-state index in [0.29, 0.717) is 29.7 Å². The van der Waals surface area contributed by atoms with Gasteiger partial charge in [-0.05, 0) is 25.0 Å². The summed E-state index contributed by atoms with van der Waals surface area (Å²) in [5, 5.41) is 14.2. The minimum atomic E-state index is -0.642. The first-order valence-corrected chi connectivity index (χ1v) is 9.70. The van der Waals surface area contributed by atoms with E-state index >= 15 is 0 Å². The fourth-order valence-electron chi connectivity index (χ4n) is 3.37. The molecule has 9 heteroatoms. The summed E-state index contributed by atoms with van der Waals surface area (Å²) in [5.41, 5.74) is 3.92. The molecule has 0 radical (unpaired) electrons. The first-order chi connectivity index (χ1) is 15.1. The number of aromatic nitrogens is 5. The summed E-state index contributed by atoms with van der Waals surface area (Å²) in [5.74, 6) is -0.448. The molecule has 156 valence electrons. The van der Waals surface area contributed by atoms with Crippen molar-refractivity contribution in [1.82, 2.24) is 30.5 Å². The van der Waals surface area contributed by atoms with E-state index in [1.807, 2.05) is 25.1 Å². The Labute approximate surface area is 178 Å². The average molecular weight is 417 g/mol. The van der Waals surface area contributed by atoms with E-state index in [0.717, 1.165) is 28.7 Å². The molecule has 0 fully saturated rings. The standard InChI is InChI=1S/C22H20FN7O/c1-13-8-15(10-29-30-13)18-9-19(28-12-27-18)25-7-6-14-4-3-5-16-20(22(31)24-2)17(23)11-26-21(14)16/h3-5,8-12H,6-7H2,1-2H3,(H,24,31)(H,25,27,28). The first kappa shape index (κ1) is 20.3. The van der Waals surface area contributed by atoms with E-state index < -0.39 is 11.7 Å². The Hall–Kier alpha value is -4.01. The lowest BCUT2D eigenvalue weighted by molar-refractivity contribution is 0.0961. The number of amides is 1. The molecular formula is C22H20FN7O. The lowest BCUT2D eigenvalue weighted by Gasteiger charge is -2.11. The van der Waals surface area contributed by atoms with Gasteiger partial charge in [0, 0.05) is 30.6 Å². The Balaban J connectivity index is 1.53. The van der Waals surface area contributed by atoms with Gasteiger partial charge in [-0.15, -0.1) is 0 Å². The molecule has 0 unspecified atom stereocenters. The fraction of sp³-hybridized carbons (Fsp3) is 0.182. The number of hydrogen-bond acceptors (Lipinski definition) is 7. The zero-order chi connectivity index (χ0) is 21.8. The van der Waals surface area contributed by atoms with Gasteiger partial charge in [-0.25, -0.2) is 14.4 Å². The van der Waals surface area contributed by atoms with Crippen LogP contribution in [0.25, 0.3) is 22.2 Å². The molecule has 0 aliphatic rings. The van der Waals surface area contributed by atoms with Gasteiger partial charge in [-0.2, -0.15) is 10.2 Å². The molecule has 0 saturated heterocycles. The Morgan fingerprint density at radius 3 is 2.81 bits per heavy atom. The quantitative estimate of drug-likeness (QED) is 0.497. The van der Waals surface area contributed by atoms with Crippen LogP contribution in [0.15, 0.2) is 49.1 Å². The topological polar surface area (TPSA) is 106 Å². The second-order valence-corrected chi connectivity index (χ2v) is 6.92. The number of halogens is 1. The van der Waals surface area contributed by atoms with Gasteiger partial charge >= 0.3 is 0 Å². The molecule has 0 aliphatic carbocycles. The molecule has 0 aliphatic heterocycles. The molecule has 3 heterocycles. The van der Waals surface area contributed by atoms with E-state index in [9.17, 15) is 9.18 Å². The SMILES string of the molecule is CNC(=O)c1c(F)cnc2c(CCNc3cc(-c4cnnc(C)c4)ncn3)cccc12. The van der Waals surface area contributed by atoms with E-state index in [-0.39, 0.29) is 5.56 Å². The van der Waals surface area contributed by atoms with E-state index in [2.05, 4.69) is 35.8 Å². The number of rotatable bonds is 6. The van der Waals surface area contributed by atoms with Crippen molar-refractivity contribution in [3.8, 4) is 11.3 Å². The Kier molecular flexibility index (Phi) is 5.74. The van der Waals surface area contributed by atoms with Crippen LogP contribution in [0.5, 0.6) is 0 Å². The van der Waals surface area contributed by atoms with Crippen LogP contribution in [0.4, 0.5) is 10.2 Å². The molecular weight excluding hydrogens is 397 g/mol. The van der Waals surface area contributed by atoms with Gasteiger partial charge in [0.2, 0.25) is 0 Å². The second-order valence-electron chi connectivity index (χ2n) is 6.92. The predicted molar refractivity (Wildman–Crippen MR) is 115 cm³/mol. The normalized spacial score (nSPS) is 10.8. The molecule has 0 atom stereocenters. The van der Waals surface area contributed by atoms with Crippen LogP contribution in [-0.4, -0.2) is 44.6 Å². The van der Waals surface area contributed by atoms with Gasteiger partial charge in [0.05, 0.1) is 34.9 Å². The first-order valence-electron chi connectivity index (χ1n) is 9.70. The number of para-hydroxylation sites is 1. The number of pyridine rings is 1. The van der Waals surface area contributed by atoms with Crippen molar-refractivity contribution >= 4 is 22.6 Å². The van der Waals surface area contributed by atoms with Gasteiger partial charge < -0.3 is 10.6 Å². The summed E-state index contributed by atoms with van der Waals surface area (Å²) in [6, 6.07) is 9.17. The summed E-state index contributed by atoms with van der Waals surface area (Å²) in [6.45, 7) is 2.44. The maximum atomic E-state index is 14.2. The molecule has 0 spiro atoms. The van der Waals surface area contributed by atoms with Gasteiger partial charge in [-0.1, -0.05) is 18.2 Å². The van der Waals surface area contributed by atoms with E-state index in [4.69, 9.17) is 0 Å². The Morgan fingerprint density at radius 1 is 1.13 bits per heavy atom. The molecule has 2 N–H and O–H groups in total. The van der Waals surface area contributed by atoms with Crippen molar-refractivity contribution in [2.45, 2.75) is 13.3 Å². The smallest absolute Gasteiger partial charge is 0.254 e. The van der Waals surface area contributed by atoms with Crippen molar-refractivity contribution in [2.24, 2.45) is 0 Å². The van der Waals surface area contributed by atoms with Gasteiger partial charge in [0.1, 0.15) is 12.1 Å². The molecule has 8 nitrogen and oxygen atoms in total. The van der Waals surface area contributed by atoms with Crippen LogP contribution in [0.2, 0.25) is 0 Å². The zero-order valence-corrected chi connectivity index (χ0v) is 17.1. The Morgan fingerprint density at radius 2 is 2.00 bits per heavy atom. The third kappa shape index (κ3) is 4.30. The highest BCUT2D eigenvalue weighted by molar-refractivity contribution is 6.06. The third-order valence-corrected chi connectivity index (χ3v) is 4.83. The summed E-state index contributed by atoms with van der Waals surface area (Å²) < 4.78 is 14.2. The number of hydrogen-bond donors (Lipinski definition) is 2. The van der Waals surface area contributed by atoms with Crippen LogP contribution in [-0.2, 0) is 6.42 Å². The van der Waals surface area contributed by atoms with Crippen molar-refractivity contribution in [3.63, 3.8) is 0 Å². The summed E-state index contributed by atoms with van der Waals surface area (Å²) in [4.78, 5) is 24.9. The minimum absolute atomic E-state index is 0.00371. The molecule has 0 bridgehead atoms. The van der Waals surface area contributed by atoms with Crippen molar-refractivity contribution < 1.29 is 9.18 Å². The van der Waals surface area contributed by atoms with Crippen molar-refractivity contribution in [2.75, 3.05) is 18.9 Å². The number of nitrogens with one attached hydrogen (secondary N) is 2. The number of nitrogens with zero attached hydrogens (tertiary/aromatic N) is 5. The summed E-state index contributed by atoms with van der Waals surface area (Å²) in [6.07, 6.45) is 4.85. The average Bonchev–Trinajstić information content (AvgIpc) is 2.79. The van der Waals surface area contributed by atoms with Gasteiger partial charge in [0.25, 0.3) is 5.91 Å². The maximum absolute atomic E-state index is 14.2. The molecule has 1 amide bonds. The summed E-state index contributed by atoms with van der Waals surface area (Å²) >= 11 is 0. The van der Waals surface area contributed by atoms with E-state index in [1.165, 1.54) is 13.4 Å². The molecule has 0 saturated carbocycles. The summed E-state index contributed by atoms with van der Waals surface area (Å²) in [7, 11) is 1.47. The number of benzene rings is 1. The van der Waals surface area contributed by atoms with Crippen LogP contribution in [0.1, 0.15) is 21.6 Å². The molecule has 3 aromatic heterocycles. The lowest BCUT2D eigenvalue weighted by Crippen LogP contribution is -2.20. The third-order valence-electron chi connectivity index (χ3n) is 4.83. The number of anilines is 1. The molecule has 4 rings (SSSR count). The minimum Gasteiger partial charge on any atom is -0.370 e. The van der Waals surface area contributed by atoms with Crippen molar-refractivity contribution in [3.05, 3.63) is 71.7 Å². The van der Waals surface area contributed by atoms with Crippen LogP contribution in [0.3, 0.4) is 0 Å². The zero-order valence-electron chi connectivity index (χ0n) is 17.1. The molecule has 4 aromatic rings. The highest BCUT2D eigenvalue weighted by Gasteiger charge is 2.17. The number of carbonyl (C=O) groups excluding carboxylic acids is 1. The number of fused-ring (bicyclic) bond motifs is 1. The number of carbonyl (C=O) groups is 1. The van der Waals surface area contributed by atoms with Crippen molar-refractivity contribution in [1.29, 1.82) is 0 Å². The molecule has 31 heavy (non-hydrogen) atoms. The Bertz CT molecular complexity index is 1260. The fourth-order valence-corrected chi connectivity index (χ4v) is 3.37. The van der Waals surface area contributed by atoms with E-state index in [1.54, 1.807) is 18.3 Å². The maximum Gasteiger partial charge on any atom is 0.254 e. The second kappa shape index (κ2) is 8.78. The molecule has 1 aromatic carbocycles. The van der Waals surface area contributed by atoms with Gasteiger partial charge in [0.15, 0.2) is 5.82 Å². The van der Waals surface area contributed by atoms with Crippen LogP contribution >= 0.6 is 0 Å². The lowest BCUT2D eigenvalue weighted by atomic mass is 10.0. The highest BCUT2D eigenvalue weighted by Crippen LogP contribution is 2.23. The van der Waals surface area contributed by atoms with Crippen LogP contribution in [0, 0.1) is 12.7 Å². The number of aryl methyl sites for hydroxylation is 1. The largest absolute Gasteiger partial charge is 0.370 e. The highest BCUT2D eigenvalue weighted by atomic mass is 19.1. The monoisotopic (exact) mass is 417 g/mol.